The van der Waals surface area contributed by atoms with Crippen LogP contribution >= 0.6 is 0 Å². The lowest BCUT2D eigenvalue weighted by Gasteiger charge is -2.22. The van der Waals surface area contributed by atoms with Gasteiger partial charge >= 0.3 is 0 Å². The van der Waals surface area contributed by atoms with Crippen molar-refractivity contribution in [2.45, 2.75) is 12.6 Å². The first-order valence-corrected chi connectivity index (χ1v) is 10.4. The minimum absolute atomic E-state index is 0.244. The van der Waals surface area contributed by atoms with Crippen LogP contribution in [0, 0.1) is 11.6 Å². The minimum atomic E-state index is -0.659. The molecule has 2 aromatic carbocycles. The Morgan fingerprint density at radius 1 is 1.09 bits per heavy atom. The third-order valence-corrected chi connectivity index (χ3v) is 5.60. The number of halogens is 2. The van der Waals surface area contributed by atoms with Crippen molar-refractivity contribution >= 4 is 0 Å². The third kappa shape index (κ3) is 4.15. The number of aromatic hydroxyl groups is 1. The van der Waals surface area contributed by atoms with Gasteiger partial charge < -0.3 is 14.8 Å². The smallest absolute Gasteiger partial charge is 0.140 e. The maximum atomic E-state index is 13.8. The van der Waals surface area contributed by atoms with E-state index in [1.165, 1.54) is 16.8 Å². The number of hydrogen-bond donors (Lipinski definition) is 2. The summed E-state index contributed by atoms with van der Waals surface area (Å²) in [7, 11) is 0. The first-order valence-electron chi connectivity index (χ1n) is 10.4. The van der Waals surface area contributed by atoms with Gasteiger partial charge in [-0.2, -0.15) is 5.10 Å². The Bertz CT molecular complexity index is 1190. The molecule has 0 amide bonds. The van der Waals surface area contributed by atoms with E-state index in [1.54, 1.807) is 24.5 Å². The highest BCUT2D eigenvalue weighted by Crippen LogP contribution is 2.35. The van der Waals surface area contributed by atoms with Crippen LogP contribution < -0.4 is 0 Å². The molecule has 1 fully saturated rings. The molecule has 4 aromatic rings. The summed E-state index contributed by atoms with van der Waals surface area (Å²) in [5.74, 6) is -1.07. The summed E-state index contributed by atoms with van der Waals surface area (Å²) in [6, 6.07) is 12.4. The fourth-order valence-electron chi connectivity index (χ4n) is 4.02. The van der Waals surface area contributed by atoms with E-state index in [9.17, 15) is 13.9 Å². The lowest BCUT2D eigenvalue weighted by molar-refractivity contribution is 0.0336. The zero-order valence-corrected chi connectivity index (χ0v) is 17.2. The molecule has 1 aliphatic heterocycles. The van der Waals surface area contributed by atoms with E-state index in [4.69, 9.17) is 4.74 Å². The van der Waals surface area contributed by atoms with Crippen LogP contribution in [0.15, 0.2) is 67.1 Å². The molecule has 6 nitrogen and oxygen atoms in total. The Morgan fingerprint density at radius 2 is 1.88 bits per heavy atom. The van der Waals surface area contributed by atoms with E-state index in [1.807, 2.05) is 24.4 Å². The number of H-pyrrole nitrogens is 1. The van der Waals surface area contributed by atoms with Gasteiger partial charge in [-0.05, 0) is 42.3 Å². The Labute approximate surface area is 183 Å². The second-order valence-corrected chi connectivity index (χ2v) is 7.78. The van der Waals surface area contributed by atoms with Gasteiger partial charge in [0.2, 0.25) is 0 Å². The quantitative estimate of drug-likeness (QED) is 0.470. The van der Waals surface area contributed by atoms with Crippen molar-refractivity contribution in [1.29, 1.82) is 0 Å². The van der Waals surface area contributed by atoms with Gasteiger partial charge in [0.05, 0.1) is 12.3 Å². The maximum absolute atomic E-state index is 13.8. The van der Waals surface area contributed by atoms with Crippen molar-refractivity contribution in [3.63, 3.8) is 0 Å². The largest absolute Gasteiger partial charge is 0.508 e. The molecule has 164 valence electrons. The second kappa shape index (κ2) is 8.57. The predicted molar refractivity (Wildman–Crippen MR) is 115 cm³/mol. The van der Waals surface area contributed by atoms with Crippen LogP contribution in [-0.2, 0) is 11.2 Å². The first-order chi connectivity index (χ1) is 15.6. The molecule has 1 atom stereocenters. The molecule has 2 N–H and O–H groups in total. The average Bonchev–Trinajstić information content (AvgIpc) is 3.52. The van der Waals surface area contributed by atoms with Crippen molar-refractivity contribution in [2.24, 2.45) is 0 Å². The van der Waals surface area contributed by atoms with Crippen LogP contribution in [0.25, 0.3) is 16.9 Å². The van der Waals surface area contributed by atoms with Gasteiger partial charge in [0.25, 0.3) is 0 Å². The summed E-state index contributed by atoms with van der Waals surface area (Å²) < 4.78 is 35.2. The number of nitrogens with one attached hydrogen (secondary N) is 1. The molecule has 1 unspecified atom stereocenters. The molecule has 0 aliphatic carbocycles. The summed E-state index contributed by atoms with van der Waals surface area (Å²) in [6.07, 6.45) is 5.88. The molecule has 0 saturated carbocycles. The van der Waals surface area contributed by atoms with Crippen LogP contribution in [0.2, 0.25) is 0 Å². The van der Waals surface area contributed by atoms with Crippen LogP contribution in [0.3, 0.4) is 0 Å². The monoisotopic (exact) mass is 436 g/mol. The number of phenols is 1. The summed E-state index contributed by atoms with van der Waals surface area (Å²) in [4.78, 5) is 5.25. The number of rotatable bonds is 6. The van der Waals surface area contributed by atoms with E-state index in [-0.39, 0.29) is 12.0 Å². The highest BCUT2D eigenvalue weighted by atomic mass is 19.1. The molecular formula is C24H22F2N4O2. The van der Waals surface area contributed by atoms with Crippen molar-refractivity contribution in [3.8, 4) is 22.7 Å². The normalized spacial score (nSPS) is 16.6. The highest BCUT2D eigenvalue weighted by Gasteiger charge is 2.31. The Morgan fingerprint density at radius 3 is 2.59 bits per heavy atom. The molecule has 3 heterocycles. The van der Waals surface area contributed by atoms with Crippen molar-refractivity contribution in [1.82, 2.24) is 19.7 Å². The summed E-state index contributed by atoms with van der Waals surface area (Å²) in [5.41, 5.74) is 3.81. The van der Waals surface area contributed by atoms with E-state index in [0.717, 1.165) is 42.3 Å². The van der Waals surface area contributed by atoms with Gasteiger partial charge in [-0.3, -0.25) is 4.90 Å². The SMILES string of the molecule is Oc1ccc(CCN2CCOC2c2cn(-c3cc(F)cc(F)c3)nc2-c2cc[nH]c2)cc1. The standard InChI is InChI=1S/C24H22F2N4O2/c25-18-11-19(26)13-20(12-18)30-15-22(23(28-30)17-5-7-27-14-17)24-29(9-10-32-24)8-6-16-1-3-21(31)4-2-16/h1-5,7,11-15,24,27,31H,6,8-10H2. The zero-order chi connectivity index (χ0) is 22.1. The number of ether oxygens (including phenoxy) is 1. The summed E-state index contributed by atoms with van der Waals surface area (Å²) in [6.45, 7) is 2.09. The van der Waals surface area contributed by atoms with Crippen molar-refractivity contribution in [2.75, 3.05) is 19.7 Å². The topological polar surface area (TPSA) is 66.3 Å². The molecule has 0 radical (unpaired) electrons. The summed E-state index contributed by atoms with van der Waals surface area (Å²) in [5, 5.41) is 14.1. The molecule has 8 heteroatoms. The molecular weight excluding hydrogens is 414 g/mol. The van der Waals surface area contributed by atoms with E-state index < -0.39 is 11.6 Å². The molecule has 5 rings (SSSR count). The fraction of sp³-hybridized carbons (Fsp3) is 0.208. The molecule has 0 bridgehead atoms. The van der Waals surface area contributed by atoms with Gasteiger partial charge in [-0.25, -0.2) is 13.5 Å². The van der Waals surface area contributed by atoms with E-state index >= 15 is 0 Å². The maximum Gasteiger partial charge on any atom is 0.140 e. The number of hydrogen-bond acceptors (Lipinski definition) is 4. The van der Waals surface area contributed by atoms with Crippen LogP contribution in [0.1, 0.15) is 17.4 Å². The number of phenolic OH excluding ortho intramolecular Hbond substituents is 1. The average molecular weight is 436 g/mol. The van der Waals surface area contributed by atoms with Crippen molar-refractivity contribution < 1.29 is 18.6 Å². The van der Waals surface area contributed by atoms with E-state index in [2.05, 4.69) is 15.0 Å². The number of benzene rings is 2. The minimum Gasteiger partial charge on any atom is -0.508 e. The summed E-state index contributed by atoms with van der Waals surface area (Å²) >= 11 is 0. The van der Waals surface area contributed by atoms with Gasteiger partial charge in [0.1, 0.15) is 29.3 Å². The Kier molecular flexibility index (Phi) is 5.46. The van der Waals surface area contributed by atoms with Crippen molar-refractivity contribution in [3.05, 3.63) is 89.9 Å². The second-order valence-electron chi connectivity index (χ2n) is 7.78. The fourth-order valence-corrected chi connectivity index (χ4v) is 4.02. The van der Waals surface area contributed by atoms with Crippen LogP contribution in [-0.4, -0.2) is 44.5 Å². The lowest BCUT2D eigenvalue weighted by atomic mass is 10.1. The van der Waals surface area contributed by atoms with Gasteiger partial charge in [-0.1, -0.05) is 12.1 Å². The molecule has 1 aliphatic rings. The van der Waals surface area contributed by atoms with Gasteiger partial charge in [0, 0.05) is 48.9 Å². The number of aromatic nitrogens is 3. The molecule has 32 heavy (non-hydrogen) atoms. The van der Waals surface area contributed by atoms with Crippen LogP contribution in [0.4, 0.5) is 8.78 Å². The van der Waals surface area contributed by atoms with Gasteiger partial charge in [-0.15, -0.1) is 0 Å². The Hall–Kier alpha value is -3.49. The molecule has 0 spiro atoms. The lowest BCUT2D eigenvalue weighted by Crippen LogP contribution is -2.26. The van der Waals surface area contributed by atoms with Crippen LogP contribution in [0.5, 0.6) is 5.75 Å². The number of nitrogens with zero attached hydrogens (tertiary/aromatic N) is 3. The third-order valence-electron chi connectivity index (χ3n) is 5.60. The molecule has 1 saturated heterocycles. The molecule has 2 aromatic heterocycles. The zero-order valence-electron chi connectivity index (χ0n) is 17.2. The Balaban J connectivity index is 1.46. The number of aromatic amines is 1. The van der Waals surface area contributed by atoms with E-state index in [0.29, 0.717) is 18.0 Å². The first kappa shape index (κ1) is 20.4. The highest BCUT2D eigenvalue weighted by molar-refractivity contribution is 5.63. The predicted octanol–water partition coefficient (Wildman–Crippen LogP) is 4.42. The van der Waals surface area contributed by atoms with Gasteiger partial charge in [0.15, 0.2) is 0 Å².